The van der Waals surface area contributed by atoms with E-state index in [4.69, 9.17) is 4.74 Å². The summed E-state index contributed by atoms with van der Waals surface area (Å²) in [5.41, 5.74) is 1.98. The summed E-state index contributed by atoms with van der Waals surface area (Å²) < 4.78 is 32.9. The van der Waals surface area contributed by atoms with Crippen LogP contribution in [0.5, 0.6) is 5.75 Å². The van der Waals surface area contributed by atoms with Crippen molar-refractivity contribution in [2.45, 2.75) is 18.7 Å². The Labute approximate surface area is 159 Å². The number of pyridine rings is 1. The number of nitrogens with zero attached hydrogens (tertiary/aromatic N) is 3. The molecule has 0 atom stereocenters. The van der Waals surface area contributed by atoms with E-state index < -0.39 is 10.0 Å². The third kappa shape index (κ3) is 3.81. The van der Waals surface area contributed by atoms with Crippen LogP contribution in [-0.4, -0.2) is 61.8 Å². The number of carbonyl (C=O) groups is 1. The second kappa shape index (κ2) is 7.66. The molecule has 3 rings (SSSR count). The van der Waals surface area contributed by atoms with Gasteiger partial charge in [-0.2, -0.15) is 4.31 Å². The van der Waals surface area contributed by atoms with Crippen molar-refractivity contribution < 1.29 is 17.9 Å². The molecule has 0 saturated carbocycles. The van der Waals surface area contributed by atoms with Crippen LogP contribution >= 0.6 is 0 Å². The van der Waals surface area contributed by atoms with Crippen molar-refractivity contribution >= 4 is 15.9 Å². The molecule has 1 aliphatic heterocycles. The van der Waals surface area contributed by atoms with Crippen LogP contribution < -0.4 is 4.74 Å². The fourth-order valence-corrected chi connectivity index (χ4v) is 4.92. The highest BCUT2D eigenvalue weighted by Crippen LogP contribution is 2.28. The summed E-state index contributed by atoms with van der Waals surface area (Å²) in [4.78, 5) is 18.4. The van der Waals surface area contributed by atoms with Crippen LogP contribution in [0.3, 0.4) is 0 Å². The Balaban J connectivity index is 1.75. The lowest BCUT2D eigenvalue weighted by atomic mass is 10.1. The average molecular weight is 389 g/mol. The zero-order valence-corrected chi connectivity index (χ0v) is 16.5. The van der Waals surface area contributed by atoms with Gasteiger partial charge in [-0.1, -0.05) is 0 Å². The Morgan fingerprint density at radius 2 is 1.67 bits per heavy atom. The van der Waals surface area contributed by atoms with Gasteiger partial charge in [-0.25, -0.2) is 8.42 Å². The number of aryl methyl sites for hydroxylation is 2. The maximum Gasteiger partial charge on any atom is 0.254 e. The minimum atomic E-state index is -3.62. The van der Waals surface area contributed by atoms with E-state index in [0.29, 0.717) is 30.0 Å². The molecule has 1 aromatic carbocycles. The third-order valence-electron chi connectivity index (χ3n) is 4.76. The topological polar surface area (TPSA) is 79.8 Å². The van der Waals surface area contributed by atoms with Crippen LogP contribution in [0.15, 0.2) is 41.6 Å². The molecular formula is C19H23N3O4S. The molecular weight excluding hydrogens is 366 g/mol. The van der Waals surface area contributed by atoms with Gasteiger partial charge in [0.15, 0.2) is 0 Å². The monoisotopic (exact) mass is 389 g/mol. The number of aromatic nitrogens is 1. The Morgan fingerprint density at radius 3 is 2.26 bits per heavy atom. The van der Waals surface area contributed by atoms with E-state index in [1.807, 2.05) is 6.92 Å². The quantitative estimate of drug-likeness (QED) is 0.797. The summed E-state index contributed by atoms with van der Waals surface area (Å²) in [5.74, 6) is 0.560. The lowest BCUT2D eigenvalue weighted by Crippen LogP contribution is -2.50. The molecule has 2 heterocycles. The van der Waals surface area contributed by atoms with E-state index >= 15 is 0 Å². The normalized spacial score (nSPS) is 15.6. The average Bonchev–Trinajstić information content (AvgIpc) is 2.69. The van der Waals surface area contributed by atoms with Crippen LogP contribution in [0.4, 0.5) is 0 Å². The van der Waals surface area contributed by atoms with Crippen molar-refractivity contribution in [2.24, 2.45) is 0 Å². The highest BCUT2D eigenvalue weighted by atomic mass is 32.2. The van der Waals surface area contributed by atoms with Crippen molar-refractivity contribution in [3.05, 3.63) is 53.3 Å². The first kappa shape index (κ1) is 19.3. The van der Waals surface area contributed by atoms with E-state index in [1.54, 1.807) is 55.6 Å². The van der Waals surface area contributed by atoms with Gasteiger partial charge in [0.1, 0.15) is 5.75 Å². The van der Waals surface area contributed by atoms with Crippen LogP contribution in [0.1, 0.15) is 21.5 Å². The Bertz CT molecular complexity index is 937. The number of amides is 1. The number of piperazine rings is 1. The minimum absolute atomic E-state index is 0.106. The lowest BCUT2D eigenvalue weighted by Gasteiger charge is -2.34. The van der Waals surface area contributed by atoms with Gasteiger partial charge in [0, 0.05) is 44.1 Å². The van der Waals surface area contributed by atoms with Crippen molar-refractivity contribution in [3.63, 3.8) is 0 Å². The molecule has 144 valence electrons. The standard InChI is InChI=1S/C19H23N3O4S/c1-14-13-18(15(2)12-17(14)26-3)27(24,25)22-10-8-21(9-11-22)19(23)16-4-6-20-7-5-16/h4-7,12-13H,8-11H2,1-3H3. The number of hydrogen-bond donors (Lipinski definition) is 0. The first-order valence-corrected chi connectivity index (χ1v) is 10.1. The molecule has 1 fully saturated rings. The number of carbonyl (C=O) groups excluding carboxylic acids is 1. The Morgan fingerprint density at radius 1 is 1.04 bits per heavy atom. The fourth-order valence-electron chi connectivity index (χ4n) is 3.21. The van der Waals surface area contributed by atoms with Crippen LogP contribution in [0.2, 0.25) is 0 Å². The zero-order chi connectivity index (χ0) is 19.6. The van der Waals surface area contributed by atoms with E-state index in [9.17, 15) is 13.2 Å². The molecule has 2 aromatic rings. The van der Waals surface area contributed by atoms with Crippen molar-refractivity contribution in [3.8, 4) is 5.75 Å². The number of benzene rings is 1. The number of hydrogen-bond acceptors (Lipinski definition) is 5. The second-order valence-electron chi connectivity index (χ2n) is 6.52. The molecule has 1 aromatic heterocycles. The maximum atomic E-state index is 13.1. The van der Waals surface area contributed by atoms with Gasteiger partial charge in [0.2, 0.25) is 10.0 Å². The molecule has 0 unspecified atom stereocenters. The van der Waals surface area contributed by atoms with Gasteiger partial charge in [-0.3, -0.25) is 9.78 Å². The first-order chi connectivity index (χ1) is 12.8. The Kier molecular flexibility index (Phi) is 5.48. The molecule has 0 N–H and O–H groups in total. The van der Waals surface area contributed by atoms with Gasteiger partial charge in [-0.05, 0) is 49.2 Å². The predicted octanol–water partition coefficient (Wildman–Crippen LogP) is 1.85. The number of sulfonamides is 1. The van der Waals surface area contributed by atoms with Crippen molar-refractivity contribution in [1.29, 1.82) is 0 Å². The summed E-state index contributed by atoms with van der Waals surface area (Å²) in [6, 6.07) is 6.72. The molecule has 0 spiro atoms. The van der Waals surface area contributed by atoms with Gasteiger partial charge >= 0.3 is 0 Å². The van der Waals surface area contributed by atoms with E-state index in [2.05, 4.69) is 4.98 Å². The van der Waals surface area contributed by atoms with Gasteiger partial charge in [0.25, 0.3) is 5.91 Å². The van der Waals surface area contributed by atoms with Crippen LogP contribution in [0, 0.1) is 13.8 Å². The molecule has 0 aliphatic carbocycles. The maximum absolute atomic E-state index is 13.1. The summed E-state index contributed by atoms with van der Waals surface area (Å²) in [5, 5.41) is 0. The van der Waals surface area contributed by atoms with Crippen molar-refractivity contribution in [2.75, 3.05) is 33.3 Å². The first-order valence-electron chi connectivity index (χ1n) is 8.69. The summed E-state index contributed by atoms with van der Waals surface area (Å²) in [6.45, 7) is 4.83. The zero-order valence-electron chi connectivity index (χ0n) is 15.7. The van der Waals surface area contributed by atoms with Crippen LogP contribution in [0.25, 0.3) is 0 Å². The summed E-state index contributed by atoms with van der Waals surface area (Å²) in [6.07, 6.45) is 3.14. The lowest BCUT2D eigenvalue weighted by molar-refractivity contribution is 0.0697. The largest absolute Gasteiger partial charge is 0.496 e. The molecule has 27 heavy (non-hydrogen) atoms. The molecule has 0 radical (unpaired) electrons. The van der Waals surface area contributed by atoms with Gasteiger partial charge in [-0.15, -0.1) is 0 Å². The van der Waals surface area contributed by atoms with Crippen LogP contribution in [-0.2, 0) is 10.0 Å². The molecule has 1 amide bonds. The van der Waals surface area contributed by atoms with E-state index in [-0.39, 0.29) is 23.9 Å². The highest BCUT2D eigenvalue weighted by molar-refractivity contribution is 7.89. The minimum Gasteiger partial charge on any atom is -0.496 e. The molecule has 8 heteroatoms. The highest BCUT2D eigenvalue weighted by Gasteiger charge is 2.31. The fraction of sp³-hybridized carbons (Fsp3) is 0.368. The molecule has 1 saturated heterocycles. The smallest absolute Gasteiger partial charge is 0.254 e. The molecule has 1 aliphatic rings. The summed E-state index contributed by atoms with van der Waals surface area (Å²) >= 11 is 0. The predicted molar refractivity (Wildman–Crippen MR) is 101 cm³/mol. The summed E-state index contributed by atoms with van der Waals surface area (Å²) in [7, 11) is -2.06. The van der Waals surface area contributed by atoms with Crippen molar-refractivity contribution in [1.82, 2.24) is 14.2 Å². The Hall–Kier alpha value is -2.45. The van der Waals surface area contributed by atoms with Gasteiger partial charge in [0.05, 0.1) is 12.0 Å². The molecule has 0 bridgehead atoms. The SMILES string of the molecule is COc1cc(C)c(S(=O)(=O)N2CCN(C(=O)c3ccncc3)CC2)cc1C. The second-order valence-corrected chi connectivity index (χ2v) is 8.43. The van der Waals surface area contributed by atoms with E-state index in [1.165, 1.54) is 4.31 Å². The number of rotatable bonds is 4. The molecule has 7 nitrogen and oxygen atoms in total. The number of ether oxygens (including phenoxy) is 1. The van der Waals surface area contributed by atoms with Gasteiger partial charge < -0.3 is 9.64 Å². The number of methoxy groups -OCH3 is 1. The van der Waals surface area contributed by atoms with E-state index in [0.717, 1.165) is 5.56 Å². The third-order valence-corrected chi connectivity index (χ3v) is 6.80.